The van der Waals surface area contributed by atoms with E-state index in [0.29, 0.717) is 6.10 Å². The van der Waals surface area contributed by atoms with Crippen LogP contribution in [0.2, 0.25) is 0 Å². The van der Waals surface area contributed by atoms with Crippen molar-refractivity contribution in [3.8, 4) is 0 Å². The quantitative estimate of drug-likeness (QED) is 0.487. The second-order valence-corrected chi connectivity index (χ2v) is 4.88. The zero-order chi connectivity index (χ0) is 13.5. The summed E-state index contributed by atoms with van der Waals surface area (Å²) < 4.78 is 5.66. The molecule has 1 unspecified atom stereocenters. The highest BCUT2D eigenvalue weighted by molar-refractivity contribution is 5.32. The lowest BCUT2D eigenvalue weighted by Gasteiger charge is -2.22. The van der Waals surface area contributed by atoms with E-state index in [1.165, 1.54) is 19.3 Å². The van der Waals surface area contributed by atoms with Gasteiger partial charge in [-0.3, -0.25) is 10.1 Å². The topological polar surface area (TPSA) is 64.4 Å². The third-order valence-electron chi connectivity index (χ3n) is 3.39. The van der Waals surface area contributed by atoms with Gasteiger partial charge in [-0.25, -0.2) is 0 Å². The minimum atomic E-state index is -0.377. The van der Waals surface area contributed by atoms with Crippen LogP contribution in [0.3, 0.4) is 0 Å². The number of nitro groups is 1. The van der Waals surface area contributed by atoms with Gasteiger partial charge < -0.3 is 10.1 Å². The highest BCUT2D eigenvalue weighted by Gasteiger charge is 2.12. The highest BCUT2D eigenvalue weighted by Crippen LogP contribution is 2.15. The fourth-order valence-electron chi connectivity index (χ4n) is 2.27. The molecule has 0 saturated carbocycles. The fourth-order valence-corrected chi connectivity index (χ4v) is 2.27. The van der Waals surface area contributed by atoms with Gasteiger partial charge in [0.15, 0.2) is 0 Å². The number of nitro benzene ring substituents is 1. The summed E-state index contributed by atoms with van der Waals surface area (Å²) in [5.74, 6) is 0. The third-order valence-corrected chi connectivity index (χ3v) is 3.39. The van der Waals surface area contributed by atoms with E-state index in [1.54, 1.807) is 24.3 Å². The zero-order valence-electron chi connectivity index (χ0n) is 11.0. The number of hydrogen-bond donors (Lipinski definition) is 1. The fraction of sp³-hybridized carbons (Fsp3) is 0.571. The smallest absolute Gasteiger partial charge is 0.269 e. The lowest BCUT2D eigenvalue weighted by Crippen LogP contribution is -2.25. The highest BCUT2D eigenvalue weighted by atomic mass is 16.6. The van der Waals surface area contributed by atoms with Gasteiger partial charge in [0.1, 0.15) is 0 Å². The van der Waals surface area contributed by atoms with Crippen molar-refractivity contribution in [3.05, 3.63) is 39.9 Å². The molecule has 1 aromatic carbocycles. The summed E-state index contributed by atoms with van der Waals surface area (Å²) >= 11 is 0. The number of benzene rings is 1. The SMILES string of the molecule is O=[N+]([O-])c1ccc(CNCCC2CCCCO2)cc1. The molecule has 1 fully saturated rings. The number of nitrogens with zero attached hydrogens (tertiary/aromatic N) is 1. The van der Waals surface area contributed by atoms with Crippen LogP contribution in [-0.2, 0) is 11.3 Å². The number of non-ortho nitro benzene ring substituents is 1. The molecule has 0 amide bonds. The van der Waals surface area contributed by atoms with Gasteiger partial charge >= 0.3 is 0 Å². The van der Waals surface area contributed by atoms with Crippen LogP contribution in [-0.4, -0.2) is 24.2 Å². The number of ether oxygens (including phenoxy) is 1. The largest absolute Gasteiger partial charge is 0.378 e. The van der Waals surface area contributed by atoms with Crippen molar-refractivity contribution < 1.29 is 9.66 Å². The van der Waals surface area contributed by atoms with E-state index >= 15 is 0 Å². The first kappa shape index (κ1) is 14.0. The molecule has 19 heavy (non-hydrogen) atoms. The van der Waals surface area contributed by atoms with Gasteiger partial charge in [0.25, 0.3) is 5.69 Å². The lowest BCUT2D eigenvalue weighted by atomic mass is 10.1. The lowest BCUT2D eigenvalue weighted by molar-refractivity contribution is -0.384. The van der Waals surface area contributed by atoms with Crippen molar-refractivity contribution in [1.82, 2.24) is 5.32 Å². The van der Waals surface area contributed by atoms with Crippen LogP contribution < -0.4 is 5.32 Å². The second-order valence-electron chi connectivity index (χ2n) is 4.88. The van der Waals surface area contributed by atoms with Gasteiger partial charge in [-0.15, -0.1) is 0 Å². The summed E-state index contributed by atoms with van der Waals surface area (Å²) in [6.07, 6.45) is 5.06. The van der Waals surface area contributed by atoms with Gasteiger partial charge in [0.2, 0.25) is 0 Å². The molecule has 0 radical (unpaired) electrons. The summed E-state index contributed by atoms with van der Waals surface area (Å²) in [4.78, 5) is 10.1. The van der Waals surface area contributed by atoms with E-state index in [-0.39, 0.29) is 10.6 Å². The predicted molar refractivity (Wildman–Crippen MR) is 73.0 cm³/mol. The van der Waals surface area contributed by atoms with Crippen LogP contribution in [0.4, 0.5) is 5.69 Å². The molecule has 5 heteroatoms. The Bertz CT molecular complexity index is 400. The summed E-state index contributed by atoms with van der Waals surface area (Å²) in [5, 5.41) is 13.9. The Labute approximate surface area is 113 Å². The van der Waals surface area contributed by atoms with Gasteiger partial charge in [-0.05, 0) is 37.8 Å². The molecule has 2 rings (SSSR count). The first-order valence-electron chi connectivity index (χ1n) is 6.81. The Morgan fingerprint density at radius 2 is 2.11 bits per heavy atom. The van der Waals surface area contributed by atoms with E-state index < -0.39 is 0 Å². The first-order chi connectivity index (χ1) is 9.25. The molecule has 0 aliphatic carbocycles. The minimum absolute atomic E-state index is 0.138. The molecule has 1 aliphatic rings. The molecule has 1 aliphatic heterocycles. The van der Waals surface area contributed by atoms with Crippen LogP contribution in [0.5, 0.6) is 0 Å². The normalized spacial score (nSPS) is 19.3. The van der Waals surface area contributed by atoms with Crippen molar-refractivity contribution in [2.24, 2.45) is 0 Å². The summed E-state index contributed by atoms with van der Waals surface area (Å²) in [6.45, 7) is 2.55. The van der Waals surface area contributed by atoms with Crippen LogP contribution >= 0.6 is 0 Å². The monoisotopic (exact) mass is 264 g/mol. The van der Waals surface area contributed by atoms with Gasteiger partial charge in [-0.2, -0.15) is 0 Å². The van der Waals surface area contributed by atoms with Crippen molar-refractivity contribution in [2.45, 2.75) is 38.3 Å². The Kier molecular flexibility index (Phi) is 5.30. The Balaban J connectivity index is 1.66. The molecule has 1 atom stereocenters. The molecule has 0 bridgehead atoms. The molecule has 0 spiro atoms. The van der Waals surface area contributed by atoms with E-state index in [2.05, 4.69) is 5.32 Å². The molecule has 104 valence electrons. The van der Waals surface area contributed by atoms with Crippen LogP contribution in [0, 0.1) is 10.1 Å². The Morgan fingerprint density at radius 1 is 1.32 bits per heavy atom. The number of nitrogens with one attached hydrogen (secondary N) is 1. The molecular weight excluding hydrogens is 244 g/mol. The van der Waals surface area contributed by atoms with Crippen molar-refractivity contribution in [3.63, 3.8) is 0 Å². The van der Waals surface area contributed by atoms with Crippen molar-refractivity contribution >= 4 is 5.69 Å². The van der Waals surface area contributed by atoms with Crippen molar-refractivity contribution in [2.75, 3.05) is 13.2 Å². The summed E-state index contributed by atoms with van der Waals surface area (Å²) in [7, 11) is 0. The molecule has 1 heterocycles. The second kappa shape index (κ2) is 7.21. The molecule has 0 aromatic heterocycles. The first-order valence-corrected chi connectivity index (χ1v) is 6.81. The Morgan fingerprint density at radius 3 is 2.74 bits per heavy atom. The third kappa shape index (κ3) is 4.61. The van der Waals surface area contributed by atoms with E-state index in [1.807, 2.05) is 0 Å². The Hall–Kier alpha value is -1.46. The molecule has 1 saturated heterocycles. The van der Waals surface area contributed by atoms with Gasteiger partial charge in [0.05, 0.1) is 11.0 Å². The van der Waals surface area contributed by atoms with E-state index in [9.17, 15) is 10.1 Å². The maximum atomic E-state index is 10.5. The van der Waals surface area contributed by atoms with Gasteiger partial charge in [-0.1, -0.05) is 12.1 Å². The summed E-state index contributed by atoms with van der Waals surface area (Å²) in [5.41, 5.74) is 1.20. The maximum absolute atomic E-state index is 10.5. The average Bonchev–Trinajstić information content (AvgIpc) is 2.45. The predicted octanol–water partition coefficient (Wildman–Crippen LogP) is 2.64. The van der Waals surface area contributed by atoms with Crippen LogP contribution in [0.15, 0.2) is 24.3 Å². The van der Waals surface area contributed by atoms with E-state index in [4.69, 9.17) is 4.74 Å². The summed E-state index contributed by atoms with van der Waals surface area (Å²) in [6, 6.07) is 6.67. The molecule has 1 N–H and O–H groups in total. The number of rotatable bonds is 6. The molecule has 1 aromatic rings. The van der Waals surface area contributed by atoms with Crippen LogP contribution in [0.25, 0.3) is 0 Å². The van der Waals surface area contributed by atoms with Gasteiger partial charge in [0, 0.05) is 25.3 Å². The molecule has 5 nitrogen and oxygen atoms in total. The number of hydrogen-bond acceptors (Lipinski definition) is 4. The van der Waals surface area contributed by atoms with Crippen molar-refractivity contribution in [1.29, 1.82) is 0 Å². The minimum Gasteiger partial charge on any atom is -0.378 e. The zero-order valence-corrected chi connectivity index (χ0v) is 11.0. The van der Waals surface area contributed by atoms with Crippen LogP contribution in [0.1, 0.15) is 31.2 Å². The molecular formula is C14H20N2O3. The maximum Gasteiger partial charge on any atom is 0.269 e. The van der Waals surface area contributed by atoms with E-state index in [0.717, 1.165) is 31.7 Å². The standard InChI is InChI=1S/C14H20N2O3/c17-16(18)13-6-4-12(5-7-13)11-15-9-8-14-3-1-2-10-19-14/h4-7,14-15H,1-3,8-11H2. The average molecular weight is 264 g/mol.